The van der Waals surface area contributed by atoms with Crippen molar-refractivity contribution < 1.29 is 4.79 Å². The van der Waals surface area contributed by atoms with E-state index in [1.165, 1.54) is 11.1 Å². The normalized spacial score (nSPS) is 17.3. The Hall–Kier alpha value is -1.41. The summed E-state index contributed by atoms with van der Waals surface area (Å²) in [6.07, 6.45) is 1.02. The van der Waals surface area contributed by atoms with Crippen LogP contribution in [0.15, 0.2) is 41.5 Å². The van der Waals surface area contributed by atoms with Gasteiger partial charge >= 0.3 is 0 Å². The summed E-state index contributed by atoms with van der Waals surface area (Å²) in [7, 11) is 0. The smallest absolute Gasteiger partial charge is 0.157 e. The predicted octanol–water partition coefficient (Wildman–Crippen LogP) is 2.80. The molecule has 0 aromatic heterocycles. The average Bonchev–Trinajstić information content (AvgIpc) is 2.32. The van der Waals surface area contributed by atoms with E-state index in [0.29, 0.717) is 0 Å². The highest BCUT2D eigenvalue weighted by Crippen LogP contribution is 2.19. The largest absolute Gasteiger partial charge is 0.295 e. The van der Waals surface area contributed by atoms with Crippen molar-refractivity contribution >= 4 is 5.78 Å². The van der Waals surface area contributed by atoms with E-state index in [9.17, 15) is 4.79 Å². The van der Waals surface area contributed by atoms with Gasteiger partial charge in [0.25, 0.3) is 0 Å². The fraction of sp³-hybridized carbons (Fsp3) is 0.400. The summed E-state index contributed by atoms with van der Waals surface area (Å²) >= 11 is 0. The van der Waals surface area contributed by atoms with Crippen LogP contribution < -0.4 is 0 Å². The van der Waals surface area contributed by atoms with Gasteiger partial charge < -0.3 is 0 Å². The van der Waals surface area contributed by atoms with Crippen molar-refractivity contribution in [3.8, 4) is 0 Å². The monoisotopic (exact) mass is 229 g/mol. The van der Waals surface area contributed by atoms with E-state index >= 15 is 0 Å². The van der Waals surface area contributed by atoms with Crippen molar-refractivity contribution in [3.63, 3.8) is 0 Å². The molecule has 0 spiro atoms. The first kappa shape index (κ1) is 12.1. The standard InChI is InChI=1S/C15H19NO/c1-12-8-9-16(11-15(12)13(2)17)10-14-6-4-3-5-7-14/h3-7H,8-11H2,1-2H3. The van der Waals surface area contributed by atoms with Crippen molar-refractivity contribution in [2.45, 2.75) is 26.8 Å². The molecule has 0 N–H and O–H groups in total. The molecule has 0 amide bonds. The van der Waals surface area contributed by atoms with E-state index < -0.39 is 0 Å². The number of carbonyl (C=O) groups excluding carboxylic acids is 1. The second-order valence-electron chi connectivity index (χ2n) is 4.76. The fourth-order valence-electron chi connectivity index (χ4n) is 2.30. The third-order valence-corrected chi connectivity index (χ3v) is 3.37. The Kier molecular flexibility index (Phi) is 3.75. The molecule has 0 fully saturated rings. The summed E-state index contributed by atoms with van der Waals surface area (Å²) in [5.74, 6) is 0.222. The predicted molar refractivity (Wildman–Crippen MR) is 69.7 cm³/mol. The van der Waals surface area contributed by atoms with Crippen molar-refractivity contribution in [2.75, 3.05) is 13.1 Å². The van der Waals surface area contributed by atoms with Gasteiger partial charge in [-0.3, -0.25) is 9.69 Å². The molecule has 0 aliphatic carbocycles. The van der Waals surface area contributed by atoms with Crippen LogP contribution in [-0.4, -0.2) is 23.8 Å². The maximum absolute atomic E-state index is 11.5. The molecular formula is C15H19NO. The molecule has 0 saturated heterocycles. The molecule has 2 nitrogen and oxygen atoms in total. The Morgan fingerprint density at radius 2 is 2.00 bits per heavy atom. The lowest BCUT2D eigenvalue weighted by Crippen LogP contribution is -2.32. The molecule has 0 atom stereocenters. The van der Waals surface area contributed by atoms with Gasteiger partial charge in [0.15, 0.2) is 5.78 Å². The second-order valence-corrected chi connectivity index (χ2v) is 4.76. The second kappa shape index (κ2) is 5.28. The number of Topliss-reactive ketones (excluding diaryl/α,β-unsaturated/α-hetero) is 1. The van der Waals surface area contributed by atoms with Crippen LogP contribution in [-0.2, 0) is 11.3 Å². The van der Waals surface area contributed by atoms with Crippen LogP contribution in [0.5, 0.6) is 0 Å². The van der Waals surface area contributed by atoms with Gasteiger partial charge in [0.05, 0.1) is 0 Å². The number of nitrogens with zero attached hydrogens (tertiary/aromatic N) is 1. The van der Waals surface area contributed by atoms with E-state index in [1.807, 2.05) is 6.07 Å². The van der Waals surface area contributed by atoms with E-state index in [0.717, 1.165) is 31.6 Å². The lowest BCUT2D eigenvalue weighted by molar-refractivity contribution is -0.114. The molecule has 1 aliphatic rings. The molecular weight excluding hydrogens is 210 g/mol. The molecule has 0 saturated carbocycles. The Morgan fingerprint density at radius 1 is 1.29 bits per heavy atom. The molecule has 2 rings (SSSR count). The van der Waals surface area contributed by atoms with Gasteiger partial charge in [-0.05, 0) is 25.8 Å². The van der Waals surface area contributed by atoms with Crippen molar-refractivity contribution in [1.82, 2.24) is 4.90 Å². The van der Waals surface area contributed by atoms with Crippen LogP contribution in [0.25, 0.3) is 0 Å². The highest BCUT2D eigenvalue weighted by molar-refractivity contribution is 5.94. The maximum Gasteiger partial charge on any atom is 0.157 e. The third kappa shape index (κ3) is 3.04. The fourth-order valence-corrected chi connectivity index (χ4v) is 2.30. The van der Waals surface area contributed by atoms with Crippen LogP contribution in [0.3, 0.4) is 0 Å². The first-order chi connectivity index (χ1) is 8.16. The number of hydrogen-bond acceptors (Lipinski definition) is 2. The van der Waals surface area contributed by atoms with Crippen molar-refractivity contribution in [3.05, 3.63) is 47.0 Å². The van der Waals surface area contributed by atoms with Gasteiger partial charge in [0.1, 0.15) is 0 Å². The molecule has 90 valence electrons. The number of benzene rings is 1. The summed E-state index contributed by atoms with van der Waals surface area (Å²) in [5, 5.41) is 0. The van der Waals surface area contributed by atoms with Crippen LogP contribution in [0.1, 0.15) is 25.8 Å². The minimum atomic E-state index is 0.222. The topological polar surface area (TPSA) is 20.3 Å². The molecule has 17 heavy (non-hydrogen) atoms. The summed E-state index contributed by atoms with van der Waals surface area (Å²) in [6.45, 7) is 6.54. The highest BCUT2D eigenvalue weighted by Gasteiger charge is 2.19. The molecule has 0 unspecified atom stereocenters. The first-order valence-corrected chi connectivity index (χ1v) is 6.12. The van der Waals surface area contributed by atoms with Gasteiger partial charge in [0.2, 0.25) is 0 Å². The molecule has 0 radical (unpaired) electrons. The van der Waals surface area contributed by atoms with Gasteiger partial charge in [0, 0.05) is 25.2 Å². The van der Waals surface area contributed by atoms with Crippen molar-refractivity contribution in [2.24, 2.45) is 0 Å². The van der Waals surface area contributed by atoms with Gasteiger partial charge in [-0.2, -0.15) is 0 Å². The van der Waals surface area contributed by atoms with Gasteiger partial charge in [-0.15, -0.1) is 0 Å². The minimum absolute atomic E-state index is 0.222. The van der Waals surface area contributed by atoms with Gasteiger partial charge in [-0.1, -0.05) is 35.9 Å². The quantitative estimate of drug-likeness (QED) is 0.794. The molecule has 1 aromatic rings. The Bertz CT molecular complexity index is 433. The zero-order valence-electron chi connectivity index (χ0n) is 10.6. The molecule has 1 aromatic carbocycles. The summed E-state index contributed by atoms with van der Waals surface area (Å²) in [5.41, 5.74) is 3.59. The van der Waals surface area contributed by atoms with Crippen LogP contribution in [0.4, 0.5) is 0 Å². The molecule has 0 bridgehead atoms. The Labute approximate surface area is 103 Å². The SMILES string of the molecule is CC(=O)C1=C(C)CCN(Cc2ccccc2)C1. The minimum Gasteiger partial charge on any atom is -0.295 e. The number of hydrogen-bond donors (Lipinski definition) is 0. The highest BCUT2D eigenvalue weighted by atomic mass is 16.1. The first-order valence-electron chi connectivity index (χ1n) is 6.12. The number of ketones is 1. The lowest BCUT2D eigenvalue weighted by atomic mass is 9.98. The summed E-state index contributed by atoms with van der Waals surface area (Å²) in [6, 6.07) is 10.4. The van der Waals surface area contributed by atoms with Crippen molar-refractivity contribution in [1.29, 1.82) is 0 Å². The summed E-state index contributed by atoms with van der Waals surface area (Å²) < 4.78 is 0. The van der Waals surface area contributed by atoms with E-state index in [2.05, 4.69) is 36.1 Å². The molecule has 1 aliphatic heterocycles. The van der Waals surface area contributed by atoms with Crippen LogP contribution in [0, 0.1) is 0 Å². The average molecular weight is 229 g/mol. The van der Waals surface area contributed by atoms with Crippen LogP contribution in [0.2, 0.25) is 0 Å². The Morgan fingerprint density at radius 3 is 2.65 bits per heavy atom. The zero-order valence-corrected chi connectivity index (χ0v) is 10.6. The zero-order chi connectivity index (χ0) is 12.3. The molecule has 2 heteroatoms. The van der Waals surface area contributed by atoms with E-state index in [-0.39, 0.29) is 5.78 Å². The summed E-state index contributed by atoms with van der Waals surface area (Å²) in [4.78, 5) is 13.9. The van der Waals surface area contributed by atoms with E-state index in [4.69, 9.17) is 0 Å². The van der Waals surface area contributed by atoms with Gasteiger partial charge in [-0.25, -0.2) is 0 Å². The number of rotatable bonds is 3. The maximum atomic E-state index is 11.5. The van der Waals surface area contributed by atoms with E-state index in [1.54, 1.807) is 6.92 Å². The third-order valence-electron chi connectivity index (χ3n) is 3.37. The Balaban J connectivity index is 2.04. The molecule has 1 heterocycles. The lowest BCUT2D eigenvalue weighted by Gasteiger charge is -2.28. The van der Waals surface area contributed by atoms with Crippen LogP contribution >= 0.6 is 0 Å². The number of carbonyl (C=O) groups is 1.